The van der Waals surface area contributed by atoms with E-state index in [0.29, 0.717) is 18.7 Å². The molecule has 0 aliphatic carbocycles. The van der Waals surface area contributed by atoms with Gasteiger partial charge in [0, 0.05) is 57.5 Å². The van der Waals surface area contributed by atoms with Crippen molar-refractivity contribution < 1.29 is 19.8 Å². The third-order valence-electron chi connectivity index (χ3n) is 7.11. The number of aryl methyl sites for hydroxylation is 2. The van der Waals surface area contributed by atoms with Crippen LogP contribution in [0.15, 0.2) is 35.3 Å². The predicted octanol–water partition coefficient (Wildman–Crippen LogP) is 2.31. The lowest BCUT2D eigenvalue weighted by Gasteiger charge is -2.32. The van der Waals surface area contributed by atoms with Crippen molar-refractivity contribution in [3.05, 3.63) is 51.9 Å². The summed E-state index contributed by atoms with van der Waals surface area (Å²) >= 11 is 0. The van der Waals surface area contributed by atoms with E-state index in [-0.39, 0.29) is 36.3 Å². The first-order chi connectivity index (χ1) is 17.5. The Morgan fingerprint density at radius 1 is 1.26 bits per heavy atom. The van der Waals surface area contributed by atoms with Gasteiger partial charge in [-0.15, -0.1) is 12.4 Å². The lowest BCUT2D eigenvalue weighted by atomic mass is 9.97. The number of aliphatic hydroxyl groups is 1. The number of aromatic nitrogens is 3. The molecule has 1 aliphatic rings. The molecule has 1 amide bonds. The lowest BCUT2D eigenvalue weighted by Crippen LogP contribution is -2.44. The number of hydrogen-bond donors (Lipinski definition) is 3. The number of aliphatic carboxylic acids is 1. The van der Waals surface area contributed by atoms with Crippen molar-refractivity contribution in [3.63, 3.8) is 0 Å². The molecule has 3 heterocycles. The van der Waals surface area contributed by atoms with Crippen LogP contribution in [-0.2, 0) is 29.7 Å². The number of halogens is 1. The van der Waals surface area contributed by atoms with Crippen molar-refractivity contribution in [2.75, 3.05) is 13.1 Å². The van der Waals surface area contributed by atoms with Crippen LogP contribution >= 0.6 is 12.4 Å². The second-order valence-corrected chi connectivity index (χ2v) is 10.1. The highest BCUT2D eigenvalue weighted by Crippen LogP contribution is 2.29. The number of piperidine rings is 1. The summed E-state index contributed by atoms with van der Waals surface area (Å²) in [4.78, 5) is 42.6. The molecule has 206 valence electrons. The molecule has 3 N–H and O–H groups in total. The number of pyridine rings is 1. The van der Waals surface area contributed by atoms with Gasteiger partial charge < -0.3 is 24.2 Å². The Labute approximate surface area is 227 Å². The average molecular weight is 546 g/mol. The Bertz CT molecular complexity index is 1360. The van der Waals surface area contributed by atoms with Gasteiger partial charge in [0.25, 0.3) is 5.56 Å². The van der Waals surface area contributed by atoms with Gasteiger partial charge in [-0.25, -0.2) is 4.98 Å². The van der Waals surface area contributed by atoms with E-state index < -0.39 is 18.1 Å². The number of amides is 1. The van der Waals surface area contributed by atoms with E-state index in [9.17, 15) is 24.6 Å². The molecular weight excluding hydrogens is 510 g/mol. The van der Waals surface area contributed by atoms with E-state index in [4.69, 9.17) is 4.98 Å². The number of benzene rings is 1. The number of hydrogen-bond acceptors (Lipinski definition) is 6. The van der Waals surface area contributed by atoms with Gasteiger partial charge in [0.1, 0.15) is 11.9 Å². The Hall–Kier alpha value is -3.21. The number of nitrogens with one attached hydrogen (secondary N) is 1. The Balaban J connectivity index is 0.00000400. The fourth-order valence-corrected chi connectivity index (χ4v) is 5.13. The van der Waals surface area contributed by atoms with Crippen molar-refractivity contribution in [2.24, 2.45) is 13.0 Å². The van der Waals surface area contributed by atoms with Crippen LogP contribution < -0.4 is 10.9 Å². The Morgan fingerprint density at radius 2 is 2.00 bits per heavy atom. The first-order valence-electron chi connectivity index (χ1n) is 12.6. The molecular formula is C27H36ClN5O5. The van der Waals surface area contributed by atoms with Gasteiger partial charge in [0.2, 0.25) is 5.91 Å². The second kappa shape index (κ2) is 12.1. The number of imidazole rings is 1. The minimum atomic E-state index is -1.11. The number of nitrogens with zero attached hydrogens (tertiary/aromatic N) is 4. The van der Waals surface area contributed by atoms with Crippen LogP contribution in [0.1, 0.15) is 37.8 Å². The summed E-state index contributed by atoms with van der Waals surface area (Å²) in [5, 5.41) is 22.1. The van der Waals surface area contributed by atoms with E-state index in [1.54, 1.807) is 31.7 Å². The van der Waals surface area contributed by atoms with E-state index >= 15 is 0 Å². The summed E-state index contributed by atoms with van der Waals surface area (Å²) < 4.78 is 3.71. The molecule has 3 atom stereocenters. The topological polar surface area (TPSA) is 130 Å². The molecule has 1 aliphatic heterocycles. The van der Waals surface area contributed by atoms with E-state index in [2.05, 4.69) is 9.88 Å². The fourth-order valence-electron chi connectivity index (χ4n) is 5.13. The van der Waals surface area contributed by atoms with E-state index in [1.165, 1.54) is 6.92 Å². The molecule has 1 saturated heterocycles. The molecule has 2 aromatic heterocycles. The first-order valence-corrected chi connectivity index (χ1v) is 12.6. The number of likely N-dealkylation sites (tertiary alicyclic amines) is 1. The third-order valence-corrected chi connectivity index (χ3v) is 7.11. The molecule has 0 saturated carbocycles. The SMILES string of the molecule is CC(=O)N1CCC[C@@H](Cn2c(-c3cc(C)c(=O)n(C)c3)nc3ccc(CN[C@@H](C(=O)O)[C@@H](C)O)cc32)C1.Cl. The van der Waals surface area contributed by atoms with Crippen LogP contribution in [0.25, 0.3) is 22.4 Å². The molecule has 0 bridgehead atoms. The molecule has 3 aromatic rings. The highest BCUT2D eigenvalue weighted by molar-refractivity contribution is 5.85. The zero-order chi connectivity index (χ0) is 26.9. The van der Waals surface area contributed by atoms with Crippen molar-refractivity contribution in [1.29, 1.82) is 0 Å². The van der Waals surface area contributed by atoms with Crippen molar-refractivity contribution in [1.82, 2.24) is 24.3 Å². The Morgan fingerprint density at radius 3 is 2.63 bits per heavy atom. The van der Waals surface area contributed by atoms with E-state index in [0.717, 1.165) is 47.4 Å². The number of carbonyl (C=O) groups is 2. The van der Waals surface area contributed by atoms with E-state index in [1.807, 2.05) is 29.2 Å². The third kappa shape index (κ3) is 6.25. The minimum Gasteiger partial charge on any atom is -0.480 e. The fraction of sp³-hybridized carbons (Fsp3) is 0.481. The highest BCUT2D eigenvalue weighted by Gasteiger charge is 2.25. The minimum absolute atomic E-state index is 0. The zero-order valence-corrected chi connectivity index (χ0v) is 23.0. The van der Waals surface area contributed by atoms with Gasteiger partial charge in [-0.1, -0.05) is 6.07 Å². The van der Waals surface area contributed by atoms with Crippen LogP contribution in [0.5, 0.6) is 0 Å². The monoisotopic (exact) mass is 545 g/mol. The quantitative estimate of drug-likeness (QED) is 0.396. The summed E-state index contributed by atoms with van der Waals surface area (Å²) in [5.74, 6) is -0.0451. The largest absolute Gasteiger partial charge is 0.480 e. The highest BCUT2D eigenvalue weighted by atomic mass is 35.5. The second-order valence-electron chi connectivity index (χ2n) is 10.1. The smallest absolute Gasteiger partial charge is 0.323 e. The predicted molar refractivity (Wildman–Crippen MR) is 147 cm³/mol. The first kappa shape index (κ1) is 29.3. The lowest BCUT2D eigenvalue weighted by molar-refractivity contribution is -0.142. The number of carboxylic acid groups (broad SMARTS) is 1. The summed E-state index contributed by atoms with van der Waals surface area (Å²) in [6.45, 7) is 7.20. The van der Waals surface area contributed by atoms with Gasteiger partial charge in [-0.3, -0.25) is 19.7 Å². The summed E-state index contributed by atoms with van der Waals surface area (Å²) in [6.07, 6.45) is 2.68. The number of carbonyl (C=O) groups excluding carboxylic acids is 1. The number of fused-ring (bicyclic) bond motifs is 1. The maximum absolute atomic E-state index is 12.3. The number of aliphatic hydroxyl groups excluding tert-OH is 1. The molecule has 0 spiro atoms. The summed E-state index contributed by atoms with van der Waals surface area (Å²) in [7, 11) is 1.72. The molecule has 0 unspecified atom stereocenters. The normalized spacial score (nSPS) is 17.2. The van der Waals surface area contributed by atoms with Crippen molar-refractivity contribution in [2.45, 2.75) is 58.8 Å². The zero-order valence-electron chi connectivity index (χ0n) is 22.2. The van der Waals surface area contributed by atoms with Gasteiger partial charge in [0.05, 0.1) is 17.1 Å². The maximum Gasteiger partial charge on any atom is 0.323 e. The maximum atomic E-state index is 12.3. The standard InChI is InChI=1S/C27H35N5O5.ClH/c1-16-10-21(15-30(4)26(16)35)25-29-22-8-7-19(12-28-24(17(2)33)27(36)37)11-23(22)32(25)14-20-6-5-9-31(13-20)18(3)34;/h7-8,10-11,15,17,20,24,28,33H,5-6,9,12-14H2,1-4H3,(H,36,37);1H/t17-,20-,24-;/m1./s1. The van der Waals surface area contributed by atoms with Crippen LogP contribution in [0, 0.1) is 12.8 Å². The molecule has 1 fully saturated rings. The van der Waals surface area contributed by atoms with Crippen LogP contribution in [0.3, 0.4) is 0 Å². The molecule has 11 heteroatoms. The molecule has 38 heavy (non-hydrogen) atoms. The van der Waals surface area contributed by atoms with Crippen molar-refractivity contribution in [3.8, 4) is 11.4 Å². The van der Waals surface area contributed by atoms with Gasteiger partial charge >= 0.3 is 5.97 Å². The average Bonchev–Trinajstić information content (AvgIpc) is 3.19. The summed E-state index contributed by atoms with van der Waals surface area (Å²) in [5.41, 5.74) is 3.93. The molecule has 4 rings (SSSR count). The van der Waals surface area contributed by atoms with Crippen LogP contribution in [0.2, 0.25) is 0 Å². The van der Waals surface area contributed by atoms with Gasteiger partial charge in [0.15, 0.2) is 0 Å². The van der Waals surface area contributed by atoms with Gasteiger partial charge in [-0.05, 0) is 56.4 Å². The molecule has 10 nitrogen and oxygen atoms in total. The van der Waals surface area contributed by atoms with Crippen LogP contribution in [0.4, 0.5) is 0 Å². The van der Waals surface area contributed by atoms with Crippen LogP contribution in [-0.4, -0.2) is 66.3 Å². The number of carboxylic acids is 1. The summed E-state index contributed by atoms with van der Waals surface area (Å²) in [6, 6.07) is 6.55. The molecule has 1 aromatic carbocycles. The Kier molecular flexibility index (Phi) is 9.35. The molecule has 0 radical (unpaired) electrons. The van der Waals surface area contributed by atoms with Crippen molar-refractivity contribution >= 4 is 35.3 Å². The van der Waals surface area contributed by atoms with Gasteiger partial charge in [-0.2, -0.15) is 0 Å². The number of rotatable bonds is 8.